The molecular formula is C37H42N4O6. The first-order chi connectivity index (χ1) is 22.5. The second kappa shape index (κ2) is 13.1. The number of fused-ring (bicyclic) bond motifs is 2. The van der Waals surface area contributed by atoms with E-state index in [1.165, 1.54) is 23.5 Å². The van der Waals surface area contributed by atoms with Gasteiger partial charge < -0.3 is 29.4 Å². The lowest BCUT2D eigenvalue weighted by atomic mass is 9.90. The highest BCUT2D eigenvalue weighted by atomic mass is 16.5. The molecule has 47 heavy (non-hydrogen) atoms. The Morgan fingerprint density at radius 2 is 1.85 bits per heavy atom. The van der Waals surface area contributed by atoms with Gasteiger partial charge in [0.15, 0.2) is 0 Å². The zero-order valence-corrected chi connectivity index (χ0v) is 27.7. The molecule has 2 aromatic heterocycles. The average Bonchev–Trinajstić information content (AvgIpc) is 3.05. The number of carboxylic acids is 1. The molecule has 0 saturated carbocycles. The predicted octanol–water partition coefficient (Wildman–Crippen LogP) is 7.15. The number of carboxylic acid groups (broad SMARTS) is 1. The molecule has 0 aliphatic carbocycles. The van der Waals surface area contributed by atoms with Gasteiger partial charge in [0.25, 0.3) is 5.91 Å². The maximum atomic E-state index is 14.0. The summed E-state index contributed by atoms with van der Waals surface area (Å²) in [4.78, 5) is 47.6. The van der Waals surface area contributed by atoms with E-state index in [4.69, 9.17) is 9.15 Å². The molecular weight excluding hydrogens is 596 g/mol. The van der Waals surface area contributed by atoms with Crippen molar-refractivity contribution < 1.29 is 23.8 Å². The summed E-state index contributed by atoms with van der Waals surface area (Å²) in [5, 5.41) is 13.2. The van der Waals surface area contributed by atoms with E-state index >= 15 is 0 Å². The van der Waals surface area contributed by atoms with Crippen LogP contribution in [-0.2, 0) is 12.8 Å². The van der Waals surface area contributed by atoms with Gasteiger partial charge >= 0.3 is 11.6 Å². The van der Waals surface area contributed by atoms with Crippen molar-refractivity contribution in [2.75, 3.05) is 41.4 Å². The van der Waals surface area contributed by atoms with Gasteiger partial charge in [0.1, 0.15) is 22.7 Å². The molecule has 4 heterocycles. The number of amides is 1. The SMILES string of the molecule is CCN(c1ccc(C(=O)O)cn1)c1cc(OCC(C)C)c(C(C)C)cc1NC(=O)c1cc2cc3c4c(c2oc1=O)CCCN4CCC3. The predicted molar refractivity (Wildman–Crippen MR) is 184 cm³/mol. The highest BCUT2D eigenvalue weighted by molar-refractivity contribution is 6.08. The van der Waals surface area contributed by atoms with Crippen LogP contribution in [0.2, 0.25) is 0 Å². The fraction of sp³-hybridized carbons (Fsp3) is 0.405. The van der Waals surface area contributed by atoms with E-state index in [2.05, 4.69) is 49.0 Å². The molecule has 0 saturated heterocycles. The Morgan fingerprint density at radius 1 is 1.09 bits per heavy atom. The molecule has 0 fully saturated rings. The summed E-state index contributed by atoms with van der Waals surface area (Å²) in [6.07, 6.45) is 5.17. The van der Waals surface area contributed by atoms with E-state index in [9.17, 15) is 19.5 Å². The smallest absolute Gasteiger partial charge is 0.349 e. The molecule has 10 heteroatoms. The minimum Gasteiger partial charge on any atom is -0.493 e. The van der Waals surface area contributed by atoms with Crippen molar-refractivity contribution >= 4 is 45.7 Å². The Balaban J connectivity index is 1.43. The van der Waals surface area contributed by atoms with E-state index in [1.807, 2.05) is 24.0 Å². The Bertz CT molecular complexity index is 1890. The Kier molecular flexibility index (Phi) is 8.94. The summed E-state index contributed by atoms with van der Waals surface area (Å²) in [7, 11) is 0. The van der Waals surface area contributed by atoms with E-state index in [0.717, 1.165) is 55.3 Å². The number of anilines is 4. The van der Waals surface area contributed by atoms with Crippen LogP contribution in [-0.4, -0.2) is 48.2 Å². The third-order valence-corrected chi connectivity index (χ3v) is 8.91. The summed E-state index contributed by atoms with van der Waals surface area (Å²) in [6, 6.07) is 10.6. The third kappa shape index (κ3) is 6.28. The van der Waals surface area contributed by atoms with Crippen molar-refractivity contribution in [3.05, 3.63) is 80.8 Å². The standard InChI is InChI=1S/C37H42N4O6/c1-6-41(32-12-11-24(19-38-32)36(43)44)30-18-31(46-20-21(2)3)27(22(4)5)17-29(30)39-35(42)28-16-25-15-23-9-7-13-40-14-8-10-26(33(23)40)34(25)47-37(28)45/h11-12,15-19,21-22H,6-10,13-14,20H2,1-5H3,(H,39,42)(H,43,44). The van der Waals surface area contributed by atoms with Gasteiger partial charge in [0.05, 0.1) is 23.5 Å². The van der Waals surface area contributed by atoms with Crippen LogP contribution in [0.4, 0.5) is 22.9 Å². The largest absolute Gasteiger partial charge is 0.493 e. The second-order valence-corrected chi connectivity index (χ2v) is 13.1. The zero-order chi connectivity index (χ0) is 33.4. The zero-order valence-electron chi connectivity index (χ0n) is 27.7. The van der Waals surface area contributed by atoms with Crippen LogP contribution in [0.3, 0.4) is 0 Å². The van der Waals surface area contributed by atoms with Gasteiger partial charge in [-0.25, -0.2) is 14.6 Å². The van der Waals surface area contributed by atoms with Gasteiger partial charge in [0, 0.05) is 48.5 Å². The van der Waals surface area contributed by atoms with E-state index in [0.29, 0.717) is 47.6 Å². The van der Waals surface area contributed by atoms with Crippen molar-refractivity contribution in [1.29, 1.82) is 0 Å². The van der Waals surface area contributed by atoms with Crippen molar-refractivity contribution in [2.45, 2.75) is 66.2 Å². The lowest BCUT2D eigenvalue weighted by Crippen LogP contribution is -2.34. The van der Waals surface area contributed by atoms with Crippen molar-refractivity contribution in [3.63, 3.8) is 0 Å². The Labute approximate surface area is 274 Å². The highest BCUT2D eigenvalue weighted by Gasteiger charge is 2.28. The first kappa shape index (κ1) is 32.1. The quantitative estimate of drug-likeness (QED) is 0.174. The van der Waals surface area contributed by atoms with Gasteiger partial charge in [-0.1, -0.05) is 27.7 Å². The topological polar surface area (TPSA) is 125 Å². The Hall–Kier alpha value is -4.86. The summed E-state index contributed by atoms with van der Waals surface area (Å²) >= 11 is 0. The molecule has 0 atom stereocenters. The van der Waals surface area contributed by atoms with Crippen LogP contribution < -0.4 is 25.5 Å². The average molecular weight is 639 g/mol. The summed E-state index contributed by atoms with van der Waals surface area (Å²) < 4.78 is 12.2. The number of carbonyl (C=O) groups is 2. The third-order valence-electron chi connectivity index (χ3n) is 8.91. The minimum absolute atomic E-state index is 0.0679. The number of aromatic nitrogens is 1. The monoisotopic (exact) mass is 638 g/mol. The first-order valence-corrected chi connectivity index (χ1v) is 16.5. The molecule has 6 rings (SSSR count). The number of hydrogen-bond donors (Lipinski definition) is 2. The van der Waals surface area contributed by atoms with Gasteiger partial charge in [-0.05, 0) is 85.9 Å². The number of aryl methyl sites for hydroxylation is 2. The van der Waals surface area contributed by atoms with Crippen LogP contribution in [0.15, 0.2) is 51.8 Å². The van der Waals surface area contributed by atoms with Gasteiger partial charge in [-0.15, -0.1) is 0 Å². The maximum Gasteiger partial charge on any atom is 0.349 e. The van der Waals surface area contributed by atoms with Gasteiger partial charge in [-0.2, -0.15) is 0 Å². The number of benzene rings is 2. The van der Waals surface area contributed by atoms with E-state index in [1.54, 1.807) is 12.1 Å². The van der Waals surface area contributed by atoms with E-state index < -0.39 is 17.5 Å². The van der Waals surface area contributed by atoms with Crippen LogP contribution >= 0.6 is 0 Å². The van der Waals surface area contributed by atoms with Crippen molar-refractivity contribution in [3.8, 4) is 5.75 Å². The molecule has 0 bridgehead atoms. The first-order valence-electron chi connectivity index (χ1n) is 16.5. The highest BCUT2D eigenvalue weighted by Crippen LogP contribution is 2.42. The lowest BCUT2D eigenvalue weighted by molar-refractivity contribution is 0.0696. The second-order valence-electron chi connectivity index (χ2n) is 13.1. The number of hydrogen-bond acceptors (Lipinski definition) is 8. The van der Waals surface area contributed by atoms with Crippen LogP contribution in [0, 0.1) is 5.92 Å². The number of nitrogens with zero attached hydrogens (tertiary/aromatic N) is 3. The molecule has 4 aromatic rings. The molecule has 2 N–H and O–H groups in total. The van der Waals surface area contributed by atoms with Crippen LogP contribution in [0.25, 0.3) is 11.0 Å². The van der Waals surface area contributed by atoms with Crippen molar-refractivity contribution in [1.82, 2.24) is 4.98 Å². The normalized spacial score (nSPS) is 14.0. The lowest BCUT2D eigenvalue weighted by Gasteiger charge is -2.37. The number of aromatic carboxylic acids is 1. The van der Waals surface area contributed by atoms with Crippen LogP contribution in [0.1, 0.15) is 90.8 Å². The maximum absolute atomic E-state index is 14.0. The molecule has 2 aromatic carbocycles. The number of nitrogens with one attached hydrogen (secondary N) is 1. The molecule has 0 spiro atoms. The number of rotatable bonds is 10. The molecule has 0 radical (unpaired) electrons. The number of ether oxygens (including phenoxy) is 1. The molecule has 10 nitrogen and oxygen atoms in total. The van der Waals surface area contributed by atoms with E-state index in [-0.39, 0.29) is 17.0 Å². The fourth-order valence-electron chi connectivity index (χ4n) is 6.66. The summed E-state index contributed by atoms with van der Waals surface area (Å²) in [6.45, 7) is 13.2. The minimum atomic E-state index is -1.07. The summed E-state index contributed by atoms with van der Waals surface area (Å²) in [5.74, 6) is -0.106. The molecule has 0 unspecified atom stereocenters. The fourth-order valence-corrected chi connectivity index (χ4v) is 6.66. The number of carbonyl (C=O) groups excluding carboxylic acids is 1. The molecule has 2 aliphatic rings. The van der Waals surface area contributed by atoms with Gasteiger partial charge in [0.2, 0.25) is 0 Å². The molecule has 1 amide bonds. The molecule has 246 valence electrons. The number of pyridine rings is 1. The Morgan fingerprint density at radius 3 is 2.51 bits per heavy atom. The van der Waals surface area contributed by atoms with Crippen molar-refractivity contribution in [2.24, 2.45) is 5.92 Å². The summed E-state index contributed by atoms with van der Waals surface area (Å²) in [5.41, 5.74) is 5.35. The molecule has 2 aliphatic heterocycles. The van der Waals surface area contributed by atoms with Gasteiger partial charge in [-0.3, -0.25) is 4.79 Å². The van der Waals surface area contributed by atoms with Crippen LogP contribution in [0.5, 0.6) is 5.75 Å².